The fourth-order valence-corrected chi connectivity index (χ4v) is 4.63. The van der Waals surface area contributed by atoms with Crippen LogP contribution in [0.2, 0.25) is 5.02 Å². The number of anilines is 1. The van der Waals surface area contributed by atoms with Crippen LogP contribution in [-0.2, 0) is 4.79 Å². The number of ether oxygens (including phenoxy) is 2. The average Bonchev–Trinajstić information content (AvgIpc) is 3.11. The van der Waals surface area contributed by atoms with E-state index in [-0.39, 0.29) is 24.2 Å². The van der Waals surface area contributed by atoms with Crippen LogP contribution in [0.5, 0.6) is 11.5 Å². The highest BCUT2D eigenvalue weighted by atomic mass is 35.5. The SMILES string of the molecule is CC(=O)Nc1ccccc1OC1CC[C@H](N2CCC(Oc3ccc(Cl)cc3)CC2)C1O. The van der Waals surface area contributed by atoms with Crippen LogP contribution in [0.15, 0.2) is 48.5 Å². The molecule has 0 bridgehead atoms. The third kappa shape index (κ3) is 5.50. The first-order valence-electron chi connectivity index (χ1n) is 10.9. The van der Waals surface area contributed by atoms with Crippen molar-refractivity contribution in [2.45, 2.75) is 57.0 Å². The summed E-state index contributed by atoms with van der Waals surface area (Å²) in [5.74, 6) is 1.29. The van der Waals surface area contributed by atoms with Gasteiger partial charge >= 0.3 is 0 Å². The van der Waals surface area contributed by atoms with Crippen LogP contribution in [0.3, 0.4) is 0 Å². The van der Waals surface area contributed by atoms with Gasteiger partial charge in [0.2, 0.25) is 5.91 Å². The van der Waals surface area contributed by atoms with E-state index < -0.39 is 6.10 Å². The largest absolute Gasteiger partial charge is 0.490 e. The van der Waals surface area contributed by atoms with E-state index in [2.05, 4.69) is 10.2 Å². The fourth-order valence-electron chi connectivity index (χ4n) is 4.51. The van der Waals surface area contributed by atoms with Gasteiger partial charge in [0.15, 0.2) is 0 Å². The van der Waals surface area contributed by atoms with Crippen molar-refractivity contribution < 1.29 is 19.4 Å². The molecule has 2 aromatic rings. The molecule has 1 amide bonds. The predicted molar refractivity (Wildman–Crippen MR) is 121 cm³/mol. The summed E-state index contributed by atoms with van der Waals surface area (Å²) in [4.78, 5) is 13.8. The Kier molecular flexibility index (Phi) is 7.00. The maximum atomic E-state index is 11.4. The van der Waals surface area contributed by atoms with Gasteiger partial charge in [0.1, 0.15) is 29.8 Å². The molecule has 1 aliphatic carbocycles. The molecule has 1 heterocycles. The monoisotopic (exact) mass is 444 g/mol. The number of aliphatic hydroxyl groups excluding tert-OH is 1. The lowest BCUT2D eigenvalue weighted by Crippen LogP contribution is -2.49. The molecule has 0 spiro atoms. The number of aliphatic hydroxyl groups is 1. The predicted octanol–water partition coefficient (Wildman–Crippen LogP) is 4.11. The fraction of sp³-hybridized carbons (Fsp3) is 0.458. The standard InChI is InChI=1S/C24H29ClN2O4/c1-16(28)26-20-4-2-3-5-22(20)31-23-11-10-21(24(23)29)27-14-12-19(13-15-27)30-18-8-6-17(25)7-9-18/h2-9,19,21,23-24,29H,10-15H2,1H3,(H,26,28)/t21-,23?,24?/m0/s1. The van der Waals surface area contributed by atoms with Gasteiger partial charge in [-0.3, -0.25) is 9.69 Å². The molecule has 4 rings (SSSR count). The molecule has 0 aromatic heterocycles. The third-order valence-corrected chi connectivity index (χ3v) is 6.31. The summed E-state index contributed by atoms with van der Waals surface area (Å²) in [6.07, 6.45) is 2.82. The van der Waals surface area contributed by atoms with Crippen LogP contribution >= 0.6 is 11.6 Å². The Morgan fingerprint density at radius 1 is 1.03 bits per heavy atom. The maximum Gasteiger partial charge on any atom is 0.221 e. The second-order valence-corrected chi connectivity index (χ2v) is 8.71. The third-order valence-electron chi connectivity index (χ3n) is 6.06. The number of carbonyl (C=O) groups is 1. The summed E-state index contributed by atoms with van der Waals surface area (Å²) in [6, 6.07) is 14.9. The molecule has 6 nitrogen and oxygen atoms in total. The minimum absolute atomic E-state index is 0.0782. The summed E-state index contributed by atoms with van der Waals surface area (Å²) >= 11 is 5.94. The molecule has 0 radical (unpaired) electrons. The number of halogens is 1. The van der Waals surface area contributed by atoms with Crippen LogP contribution in [0.1, 0.15) is 32.6 Å². The summed E-state index contributed by atoms with van der Waals surface area (Å²) in [5.41, 5.74) is 0.630. The quantitative estimate of drug-likeness (QED) is 0.701. The summed E-state index contributed by atoms with van der Waals surface area (Å²) in [5, 5.41) is 14.5. The van der Waals surface area contributed by atoms with Crippen LogP contribution in [0.4, 0.5) is 5.69 Å². The Labute approximate surface area is 188 Å². The molecular weight excluding hydrogens is 416 g/mol. The van der Waals surface area contributed by atoms with Crippen molar-refractivity contribution in [3.05, 3.63) is 53.6 Å². The van der Waals surface area contributed by atoms with Gasteiger partial charge in [-0.1, -0.05) is 23.7 Å². The number of para-hydroxylation sites is 2. The van der Waals surface area contributed by atoms with E-state index in [0.717, 1.165) is 44.5 Å². The van der Waals surface area contributed by atoms with Gasteiger partial charge in [-0.15, -0.1) is 0 Å². The van der Waals surface area contributed by atoms with E-state index in [1.807, 2.05) is 42.5 Å². The lowest BCUT2D eigenvalue weighted by molar-refractivity contribution is -0.114. The van der Waals surface area contributed by atoms with Gasteiger partial charge in [-0.05, 0) is 62.1 Å². The van der Waals surface area contributed by atoms with E-state index in [9.17, 15) is 9.90 Å². The minimum atomic E-state index is -0.570. The highest BCUT2D eigenvalue weighted by Crippen LogP contribution is 2.33. The topological polar surface area (TPSA) is 71.0 Å². The van der Waals surface area contributed by atoms with Crippen LogP contribution < -0.4 is 14.8 Å². The Morgan fingerprint density at radius 3 is 2.45 bits per heavy atom. The minimum Gasteiger partial charge on any atom is -0.490 e. The first kappa shape index (κ1) is 21.9. The van der Waals surface area contributed by atoms with Crippen molar-refractivity contribution >= 4 is 23.2 Å². The van der Waals surface area contributed by atoms with E-state index in [1.165, 1.54) is 6.92 Å². The molecule has 7 heteroatoms. The molecule has 2 fully saturated rings. The first-order chi connectivity index (χ1) is 15.0. The van der Waals surface area contributed by atoms with Crippen LogP contribution in [-0.4, -0.2) is 53.4 Å². The van der Waals surface area contributed by atoms with Gasteiger partial charge in [-0.25, -0.2) is 0 Å². The van der Waals surface area contributed by atoms with Crippen molar-refractivity contribution in [2.75, 3.05) is 18.4 Å². The van der Waals surface area contributed by atoms with Gasteiger partial charge in [0.05, 0.1) is 5.69 Å². The van der Waals surface area contributed by atoms with Gasteiger partial charge in [0, 0.05) is 31.1 Å². The molecule has 1 aliphatic heterocycles. The number of hydrogen-bond acceptors (Lipinski definition) is 5. The van der Waals surface area contributed by atoms with E-state index in [4.69, 9.17) is 21.1 Å². The normalized spacial score (nSPS) is 24.7. The lowest BCUT2D eigenvalue weighted by atomic mass is 10.0. The Balaban J connectivity index is 1.30. The number of piperidine rings is 1. The van der Waals surface area contributed by atoms with E-state index in [1.54, 1.807) is 6.07 Å². The average molecular weight is 445 g/mol. The highest BCUT2D eigenvalue weighted by molar-refractivity contribution is 6.30. The Bertz CT molecular complexity index is 883. The molecule has 2 aromatic carbocycles. The molecule has 1 saturated carbocycles. The molecule has 2 N–H and O–H groups in total. The van der Waals surface area contributed by atoms with Gasteiger partial charge in [0.25, 0.3) is 0 Å². The first-order valence-corrected chi connectivity index (χ1v) is 11.2. The summed E-state index contributed by atoms with van der Waals surface area (Å²) in [7, 11) is 0. The molecule has 166 valence electrons. The van der Waals surface area contributed by atoms with Crippen LogP contribution in [0.25, 0.3) is 0 Å². The number of amides is 1. The van der Waals surface area contributed by atoms with Crippen molar-refractivity contribution in [1.82, 2.24) is 4.90 Å². The molecular formula is C24H29ClN2O4. The molecule has 2 unspecified atom stereocenters. The Hall–Kier alpha value is -2.28. The molecule has 1 saturated heterocycles. The van der Waals surface area contributed by atoms with Crippen molar-refractivity contribution in [1.29, 1.82) is 0 Å². The highest BCUT2D eigenvalue weighted by Gasteiger charge is 2.41. The number of rotatable bonds is 6. The van der Waals surface area contributed by atoms with E-state index in [0.29, 0.717) is 16.5 Å². The van der Waals surface area contributed by atoms with Crippen molar-refractivity contribution in [2.24, 2.45) is 0 Å². The summed E-state index contributed by atoms with van der Waals surface area (Å²) in [6.45, 7) is 3.24. The zero-order valence-electron chi connectivity index (χ0n) is 17.7. The van der Waals surface area contributed by atoms with Gasteiger partial charge in [-0.2, -0.15) is 0 Å². The van der Waals surface area contributed by atoms with E-state index >= 15 is 0 Å². The zero-order valence-corrected chi connectivity index (χ0v) is 18.4. The second-order valence-electron chi connectivity index (χ2n) is 8.28. The smallest absolute Gasteiger partial charge is 0.221 e. The van der Waals surface area contributed by atoms with Crippen molar-refractivity contribution in [3.8, 4) is 11.5 Å². The zero-order chi connectivity index (χ0) is 21.8. The number of hydrogen-bond donors (Lipinski definition) is 2. The number of likely N-dealkylation sites (tertiary alicyclic amines) is 1. The Morgan fingerprint density at radius 2 is 1.74 bits per heavy atom. The maximum absolute atomic E-state index is 11.4. The van der Waals surface area contributed by atoms with Crippen molar-refractivity contribution in [3.63, 3.8) is 0 Å². The summed E-state index contributed by atoms with van der Waals surface area (Å²) < 4.78 is 12.2. The van der Waals surface area contributed by atoms with Gasteiger partial charge < -0.3 is 19.9 Å². The van der Waals surface area contributed by atoms with Crippen LogP contribution in [0, 0.1) is 0 Å². The number of benzene rings is 2. The molecule has 2 aliphatic rings. The number of carbonyl (C=O) groups excluding carboxylic acids is 1. The lowest BCUT2D eigenvalue weighted by Gasteiger charge is -2.37. The number of nitrogens with one attached hydrogen (secondary N) is 1. The molecule has 3 atom stereocenters. The number of nitrogens with zero attached hydrogens (tertiary/aromatic N) is 1. The second kappa shape index (κ2) is 9.90. The molecule has 31 heavy (non-hydrogen) atoms.